The lowest BCUT2D eigenvalue weighted by molar-refractivity contribution is 0.461. The van der Waals surface area contributed by atoms with Gasteiger partial charge in [0.1, 0.15) is 12.1 Å². The molecule has 1 aliphatic carbocycles. The maximum Gasteiger partial charge on any atom is 0.138 e. The molecule has 2 N–H and O–H groups in total. The molecule has 2 aliphatic rings. The van der Waals surface area contributed by atoms with E-state index in [1.54, 1.807) is 6.33 Å². The highest BCUT2D eigenvalue weighted by atomic mass is 15.3. The van der Waals surface area contributed by atoms with E-state index in [1.165, 1.54) is 37.7 Å². The molecule has 142 valence electrons. The molecule has 0 radical (unpaired) electrons. The zero-order chi connectivity index (χ0) is 18.7. The minimum atomic E-state index is 0.561. The van der Waals surface area contributed by atoms with Crippen LogP contribution < -0.4 is 10.7 Å². The number of nitrogens with zero attached hydrogens (tertiary/aromatic N) is 3. The molecule has 1 aliphatic heterocycles. The van der Waals surface area contributed by atoms with Gasteiger partial charge in [-0.05, 0) is 31.2 Å². The largest absolute Gasteiger partial charge is 0.367 e. The SMILES string of the molecule is C1=NNCc2ncnc(NC3CCCCC3)c21.C=CCCc1ccccc1. The highest BCUT2D eigenvalue weighted by molar-refractivity contribution is 5.88. The second-order valence-corrected chi connectivity index (χ2v) is 6.97. The van der Waals surface area contributed by atoms with Crippen LogP contribution in [-0.2, 0) is 13.0 Å². The number of aryl methyl sites for hydroxylation is 1. The van der Waals surface area contributed by atoms with Crippen LogP contribution in [0.3, 0.4) is 0 Å². The Hall–Kier alpha value is -2.69. The van der Waals surface area contributed by atoms with Gasteiger partial charge in [-0.15, -0.1) is 6.58 Å². The molecule has 0 bridgehead atoms. The maximum atomic E-state index is 4.34. The zero-order valence-corrected chi connectivity index (χ0v) is 15.9. The summed E-state index contributed by atoms with van der Waals surface area (Å²) in [6.07, 6.45) is 14.1. The van der Waals surface area contributed by atoms with Crippen molar-refractivity contribution in [3.63, 3.8) is 0 Å². The summed E-state index contributed by atoms with van der Waals surface area (Å²) in [6.45, 7) is 4.36. The summed E-state index contributed by atoms with van der Waals surface area (Å²) >= 11 is 0. The Morgan fingerprint density at radius 1 is 1.11 bits per heavy atom. The van der Waals surface area contributed by atoms with Crippen LogP contribution >= 0.6 is 0 Å². The van der Waals surface area contributed by atoms with Crippen LogP contribution in [-0.4, -0.2) is 22.2 Å². The molecule has 1 saturated carbocycles. The average Bonchev–Trinajstić information content (AvgIpc) is 2.75. The van der Waals surface area contributed by atoms with Crippen molar-refractivity contribution < 1.29 is 0 Å². The highest BCUT2D eigenvalue weighted by Gasteiger charge is 2.17. The first-order valence-electron chi connectivity index (χ1n) is 9.88. The van der Waals surface area contributed by atoms with Gasteiger partial charge in [0.15, 0.2) is 0 Å². The summed E-state index contributed by atoms with van der Waals surface area (Å²) < 4.78 is 0. The summed E-state index contributed by atoms with van der Waals surface area (Å²) in [6, 6.07) is 11.0. The predicted octanol–water partition coefficient (Wildman–Crippen LogP) is 4.46. The second kappa shape index (κ2) is 10.5. The Morgan fingerprint density at radius 3 is 2.70 bits per heavy atom. The van der Waals surface area contributed by atoms with Crippen LogP contribution in [0, 0.1) is 0 Å². The number of aromatic nitrogens is 2. The molecule has 4 rings (SSSR count). The molecule has 0 atom stereocenters. The number of rotatable bonds is 5. The number of allylic oxidation sites excluding steroid dienone is 1. The molecule has 2 heterocycles. The van der Waals surface area contributed by atoms with Gasteiger partial charge in [-0.2, -0.15) is 5.10 Å². The number of fused-ring (bicyclic) bond motifs is 1. The molecule has 2 aromatic rings. The van der Waals surface area contributed by atoms with Crippen LogP contribution in [0.15, 0.2) is 54.4 Å². The number of benzene rings is 1. The van der Waals surface area contributed by atoms with Gasteiger partial charge in [0, 0.05) is 6.04 Å². The molecule has 0 amide bonds. The van der Waals surface area contributed by atoms with Crippen LogP contribution in [0.5, 0.6) is 0 Å². The molecule has 1 aromatic carbocycles. The first-order chi connectivity index (χ1) is 13.4. The van der Waals surface area contributed by atoms with E-state index in [2.05, 4.69) is 56.7 Å². The fourth-order valence-electron chi connectivity index (χ4n) is 3.41. The highest BCUT2D eigenvalue weighted by Crippen LogP contribution is 2.23. The van der Waals surface area contributed by atoms with Crippen molar-refractivity contribution in [2.24, 2.45) is 5.10 Å². The smallest absolute Gasteiger partial charge is 0.138 e. The predicted molar refractivity (Wildman–Crippen MR) is 112 cm³/mol. The van der Waals surface area contributed by atoms with Gasteiger partial charge in [-0.25, -0.2) is 9.97 Å². The van der Waals surface area contributed by atoms with E-state index in [0.29, 0.717) is 12.6 Å². The van der Waals surface area contributed by atoms with E-state index in [9.17, 15) is 0 Å². The maximum absolute atomic E-state index is 4.34. The van der Waals surface area contributed by atoms with Crippen molar-refractivity contribution in [2.45, 2.75) is 57.5 Å². The number of hydrogen-bond donors (Lipinski definition) is 2. The van der Waals surface area contributed by atoms with Crippen molar-refractivity contribution >= 4 is 12.0 Å². The topological polar surface area (TPSA) is 62.2 Å². The van der Waals surface area contributed by atoms with Gasteiger partial charge in [0.05, 0.1) is 24.0 Å². The van der Waals surface area contributed by atoms with Gasteiger partial charge in [0.2, 0.25) is 0 Å². The van der Waals surface area contributed by atoms with Gasteiger partial charge in [-0.1, -0.05) is 55.7 Å². The normalized spacial score (nSPS) is 15.7. The number of anilines is 1. The van der Waals surface area contributed by atoms with Crippen molar-refractivity contribution in [3.05, 3.63) is 66.1 Å². The average molecular weight is 364 g/mol. The first kappa shape index (κ1) is 19.1. The summed E-state index contributed by atoms with van der Waals surface area (Å²) in [5.74, 6) is 0.937. The number of nitrogens with one attached hydrogen (secondary N) is 2. The summed E-state index contributed by atoms with van der Waals surface area (Å²) in [7, 11) is 0. The third-order valence-corrected chi connectivity index (χ3v) is 4.92. The van der Waals surface area contributed by atoms with Gasteiger partial charge in [-0.3, -0.25) is 0 Å². The summed E-state index contributed by atoms with van der Waals surface area (Å²) in [4.78, 5) is 8.61. The number of hydrogen-bond acceptors (Lipinski definition) is 5. The number of hydrazone groups is 1. The van der Waals surface area contributed by atoms with E-state index in [-0.39, 0.29) is 0 Å². The molecule has 5 heteroatoms. The lowest BCUT2D eigenvalue weighted by Gasteiger charge is -2.24. The molecule has 0 spiro atoms. The first-order valence-corrected chi connectivity index (χ1v) is 9.88. The van der Waals surface area contributed by atoms with Crippen LogP contribution in [0.4, 0.5) is 5.82 Å². The quantitative estimate of drug-likeness (QED) is 0.770. The van der Waals surface area contributed by atoms with E-state index in [4.69, 9.17) is 0 Å². The minimum Gasteiger partial charge on any atom is -0.367 e. The van der Waals surface area contributed by atoms with E-state index in [1.807, 2.05) is 18.4 Å². The van der Waals surface area contributed by atoms with Crippen molar-refractivity contribution in [3.8, 4) is 0 Å². The molecular formula is C22H29N5. The summed E-state index contributed by atoms with van der Waals surface area (Å²) in [5.41, 5.74) is 6.37. The third kappa shape index (κ3) is 5.91. The fraction of sp³-hybridized carbons (Fsp3) is 0.409. The van der Waals surface area contributed by atoms with Crippen molar-refractivity contribution in [1.82, 2.24) is 15.4 Å². The van der Waals surface area contributed by atoms with Crippen molar-refractivity contribution in [2.75, 3.05) is 5.32 Å². The lowest BCUT2D eigenvalue weighted by Crippen LogP contribution is -2.25. The van der Waals surface area contributed by atoms with E-state index in [0.717, 1.165) is 29.9 Å². The monoisotopic (exact) mass is 363 g/mol. The molecule has 1 aromatic heterocycles. The Labute approximate surface area is 162 Å². The molecule has 1 fully saturated rings. The lowest BCUT2D eigenvalue weighted by atomic mass is 9.95. The van der Waals surface area contributed by atoms with Crippen molar-refractivity contribution in [1.29, 1.82) is 0 Å². The molecule has 0 saturated heterocycles. The Kier molecular flexibility index (Phi) is 7.39. The van der Waals surface area contributed by atoms with Gasteiger partial charge in [0.25, 0.3) is 0 Å². The van der Waals surface area contributed by atoms with Crippen LogP contribution in [0.1, 0.15) is 55.3 Å². The van der Waals surface area contributed by atoms with Gasteiger partial charge >= 0.3 is 0 Å². The minimum absolute atomic E-state index is 0.561. The Bertz CT molecular complexity index is 736. The third-order valence-electron chi connectivity index (χ3n) is 4.92. The molecule has 27 heavy (non-hydrogen) atoms. The van der Waals surface area contributed by atoms with Crippen LogP contribution in [0.25, 0.3) is 0 Å². The Morgan fingerprint density at radius 2 is 1.93 bits per heavy atom. The Balaban J connectivity index is 0.000000180. The van der Waals surface area contributed by atoms with Gasteiger partial charge < -0.3 is 10.7 Å². The fourth-order valence-corrected chi connectivity index (χ4v) is 3.41. The standard InChI is InChI=1S/C12H17N5.C10H12/c1-2-4-9(5-3-1)17-12-10-6-15-16-7-11(10)13-8-14-12;1-2-3-7-10-8-5-4-6-9-10/h6,8-9,16H,1-5,7H2,(H,13,14,17);2,4-6,8-9H,1,3,7H2. The van der Waals surface area contributed by atoms with E-state index < -0.39 is 0 Å². The zero-order valence-electron chi connectivity index (χ0n) is 15.9. The second-order valence-electron chi connectivity index (χ2n) is 6.97. The molecular weight excluding hydrogens is 334 g/mol. The van der Waals surface area contributed by atoms with E-state index >= 15 is 0 Å². The van der Waals surface area contributed by atoms with Crippen LogP contribution in [0.2, 0.25) is 0 Å². The molecule has 0 unspecified atom stereocenters. The molecule has 5 nitrogen and oxygen atoms in total. The summed E-state index contributed by atoms with van der Waals surface area (Å²) in [5, 5.41) is 7.62.